The van der Waals surface area contributed by atoms with E-state index in [1.54, 1.807) is 18.2 Å². The Morgan fingerprint density at radius 2 is 1.84 bits per heavy atom. The second kappa shape index (κ2) is 8.18. The van der Waals surface area contributed by atoms with Crippen LogP contribution in [0.2, 0.25) is 0 Å². The fraction of sp³-hybridized carbons (Fsp3) is 0.435. The topological polar surface area (TPSA) is 50.8 Å². The molecule has 2 aromatic rings. The molecule has 0 atom stereocenters. The van der Waals surface area contributed by atoms with Crippen LogP contribution in [-0.4, -0.2) is 32.8 Å². The predicted molar refractivity (Wildman–Crippen MR) is 112 cm³/mol. The van der Waals surface area contributed by atoms with Crippen molar-refractivity contribution in [2.45, 2.75) is 38.4 Å². The number of benzene rings is 2. The number of anilines is 2. The summed E-state index contributed by atoms with van der Waals surface area (Å²) in [7, 11) is 2.88. The van der Waals surface area contributed by atoms with Gasteiger partial charge in [0.2, 0.25) is 5.91 Å². The van der Waals surface area contributed by atoms with Crippen molar-refractivity contribution in [3.8, 4) is 11.5 Å². The highest BCUT2D eigenvalue weighted by Crippen LogP contribution is 2.60. The van der Waals surface area contributed by atoms with E-state index < -0.39 is 23.9 Å². The van der Waals surface area contributed by atoms with E-state index in [4.69, 9.17) is 9.47 Å². The summed E-state index contributed by atoms with van der Waals surface area (Å²) in [4.78, 5) is 14.6. The Bertz CT molecular complexity index is 1020. The maximum Gasteiger partial charge on any atom is 0.395 e. The van der Waals surface area contributed by atoms with Crippen molar-refractivity contribution in [1.29, 1.82) is 0 Å². The summed E-state index contributed by atoms with van der Waals surface area (Å²) >= 11 is 0. The van der Waals surface area contributed by atoms with Gasteiger partial charge in [0.1, 0.15) is 23.0 Å². The van der Waals surface area contributed by atoms with Crippen LogP contribution in [0.5, 0.6) is 11.5 Å². The molecule has 1 aliphatic heterocycles. The number of carbonyl (C=O) groups excluding carboxylic acids is 1. The van der Waals surface area contributed by atoms with Crippen molar-refractivity contribution < 1.29 is 31.8 Å². The molecule has 0 spiro atoms. The lowest BCUT2D eigenvalue weighted by Crippen LogP contribution is -2.31. The number of ether oxygens (including phenoxy) is 2. The number of methoxy groups -OCH3 is 2. The van der Waals surface area contributed by atoms with Gasteiger partial charge in [-0.25, -0.2) is 4.39 Å². The summed E-state index contributed by atoms with van der Waals surface area (Å²) < 4.78 is 64.0. The number of hydrogen-bond donors (Lipinski definition) is 1. The molecule has 172 valence electrons. The first kappa shape index (κ1) is 22.2. The molecule has 1 fully saturated rings. The van der Waals surface area contributed by atoms with Gasteiger partial charge >= 0.3 is 6.18 Å². The Labute approximate surface area is 183 Å². The summed E-state index contributed by atoms with van der Waals surface area (Å²) in [5.41, 5.74) is 0.947. The Kier molecular flexibility index (Phi) is 5.68. The quantitative estimate of drug-likeness (QED) is 0.622. The van der Waals surface area contributed by atoms with Gasteiger partial charge in [-0.05, 0) is 55.2 Å². The van der Waals surface area contributed by atoms with Gasteiger partial charge in [-0.15, -0.1) is 0 Å². The third kappa shape index (κ3) is 4.08. The second-order valence-electron chi connectivity index (χ2n) is 8.28. The zero-order valence-electron chi connectivity index (χ0n) is 17.8. The molecule has 0 saturated heterocycles. The van der Waals surface area contributed by atoms with E-state index >= 15 is 0 Å². The van der Waals surface area contributed by atoms with Crippen LogP contribution < -0.4 is 19.7 Å². The predicted octanol–water partition coefficient (Wildman–Crippen LogP) is 5.08. The average molecular weight is 452 g/mol. The fourth-order valence-corrected chi connectivity index (χ4v) is 4.25. The molecule has 1 saturated carbocycles. The van der Waals surface area contributed by atoms with Crippen LogP contribution >= 0.6 is 0 Å². The van der Waals surface area contributed by atoms with Gasteiger partial charge in [0.05, 0.1) is 19.6 Å². The molecule has 0 radical (unpaired) electrons. The number of nitrogens with zero attached hydrogens (tertiary/aromatic N) is 1. The third-order valence-corrected chi connectivity index (χ3v) is 6.27. The van der Waals surface area contributed by atoms with Crippen LogP contribution in [0.3, 0.4) is 0 Å². The Morgan fingerprint density at radius 3 is 2.41 bits per heavy atom. The van der Waals surface area contributed by atoms with Crippen LogP contribution in [-0.2, 0) is 17.8 Å². The molecular weight excluding hydrogens is 428 g/mol. The minimum Gasteiger partial charge on any atom is -0.494 e. The molecule has 9 heteroatoms. The van der Waals surface area contributed by atoms with Crippen LogP contribution in [0.15, 0.2) is 30.3 Å². The lowest BCUT2D eigenvalue weighted by Gasteiger charge is -2.33. The summed E-state index contributed by atoms with van der Waals surface area (Å²) in [6, 6.07) is 7.98. The van der Waals surface area contributed by atoms with E-state index in [9.17, 15) is 22.4 Å². The normalized spacial score (nSPS) is 16.9. The lowest BCUT2D eigenvalue weighted by molar-refractivity contribution is -0.189. The first-order valence-electron chi connectivity index (χ1n) is 10.3. The SMILES string of the molecule is COc1cc2c(c(OC)c1NC(=O)CC1(C(F)(F)F)CC1)CCN(c1ccc(F)cc1)C2. The third-order valence-electron chi connectivity index (χ3n) is 6.27. The standard InChI is InChI=1S/C23H24F4N2O3/c1-31-18-11-14-13-29(16-5-3-15(24)4-6-16)10-7-17(14)21(32-2)20(18)28-19(30)12-22(8-9-22)23(25,26)27/h3-6,11H,7-10,12-13H2,1-2H3,(H,28,30). The van der Waals surface area contributed by atoms with Crippen LogP contribution in [0.25, 0.3) is 0 Å². The van der Waals surface area contributed by atoms with Gasteiger partial charge < -0.3 is 19.7 Å². The molecule has 0 unspecified atom stereocenters. The summed E-state index contributed by atoms with van der Waals surface area (Å²) in [6.07, 6.45) is -4.53. The van der Waals surface area contributed by atoms with Crippen LogP contribution in [0, 0.1) is 11.2 Å². The highest BCUT2D eigenvalue weighted by atomic mass is 19.4. The van der Waals surface area contributed by atoms with Crippen molar-refractivity contribution >= 4 is 17.3 Å². The number of hydrogen-bond acceptors (Lipinski definition) is 4. The first-order valence-corrected chi connectivity index (χ1v) is 10.3. The molecule has 1 amide bonds. The van der Waals surface area contributed by atoms with Crippen molar-refractivity contribution in [3.05, 3.63) is 47.3 Å². The number of fused-ring (bicyclic) bond motifs is 1. The van der Waals surface area contributed by atoms with Gasteiger partial charge in [-0.1, -0.05) is 0 Å². The maximum atomic E-state index is 13.3. The molecule has 4 rings (SSSR count). The number of rotatable bonds is 6. The molecule has 32 heavy (non-hydrogen) atoms. The number of nitrogens with one attached hydrogen (secondary N) is 1. The van der Waals surface area contributed by atoms with Crippen molar-refractivity contribution in [1.82, 2.24) is 0 Å². The minimum atomic E-state index is -4.40. The van der Waals surface area contributed by atoms with Gasteiger partial charge in [0.25, 0.3) is 0 Å². The number of carbonyl (C=O) groups is 1. The molecule has 1 heterocycles. The van der Waals surface area contributed by atoms with Gasteiger partial charge in [-0.2, -0.15) is 13.2 Å². The molecule has 0 aromatic heterocycles. The molecule has 0 bridgehead atoms. The number of halogens is 4. The minimum absolute atomic E-state index is 0.0401. The van der Waals surface area contributed by atoms with Crippen molar-refractivity contribution in [2.75, 3.05) is 31.0 Å². The van der Waals surface area contributed by atoms with Crippen molar-refractivity contribution in [3.63, 3.8) is 0 Å². The molecule has 2 aliphatic rings. The van der Waals surface area contributed by atoms with Crippen LogP contribution in [0.4, 0.5) is 28.9 Å². The summed E-state index contributed by atoms with van der Waals surface area (Å²) in [5, 5.41) is 2.60. The van der Waals surface area contributed by atoms with Crippen molar-refractivity contribution in [2.24, 2.45) is 5.41 Å². The zero-order chi connectivity index (χ0) is 23.1. The largest absolute Gasteiger partial charge is 0.494 e. The highest BCUT2D eigenvalue weighted by molar-refractivity contribution is 5.95. The number of amides is 1. The first-order chi connectivity index (χ1) is 15.2. The fourth-order valence-electron chi connectivity index (χ4n) is 4.25. The Hall–Kier alpha value is -2.97. The van der Waals surface area contributed by atoms with E-state index in [2.05, 4.69) is 10.2 Å². The Balaban J connectivity index is 1.60. The van der Waals surface area contributed by atoms with E-state index in [0.717, 1.165) is 16.8 Å². The molecule has 5 nitrogen and oxygen atoms in total. The van der Waals surface area contributed by atoms with Gasteiger partial charge in [0.15, 0.2) is 0 Å². The van der Waals surface area contributed by atoms with E-state index in [1.807, 2.05) is 0 Å². The summed E-state index contributed by atoms with van der Waals surface area (Å²) in [5.74, 6) is -0.330. The lowest BCUT2D eigenvalue weighted by atomic mass is 9.96. The highest BCUT2D eigenvalue weighted by Gasteiger charge is 2.63. The molecule has 1 N–H and O–H groups in total. The van der Waals surface area contributed by atoms with Gasteiger partial charge in [0, 0.05) is 30.8 Å². The van der Waals surface area contributed by atoms with E-state index in [0.29, 0.717) is 31.0 Å². The second-order valence-corrected chi connectivity index (χ2v) is 8.28. The zero-order valence-corrected chi connectivity index (χ0v) is 17.8. The van der Waals surface area contributed by atoms with E-state index in [1.165, 1.54) is 26.4 Å². The summed E-state index contributed by atoms with van der Waals surface area (Å²) in [6.45, 7) is 1.14. The van der Waals surface area contributed by atoms with Gasteiger partial charge in [-0.3, -0.25) is 4.79 Å². The molecule has 1 aliphatic carbocycles. The monoisotopic (exact) mass is 452 g/mol. The van der Waals surface area contributed by atoms with E-state index in [-0.39, 0.29) is 24.3 Å². The van der Waals surface area contributed by atoms with Crippen LogP contribution in [0.1, 0.15) is 30.4 Å². The maximum absolute atomic E-state index is 13.3. The average Bonchev–Trinajstić information content (AvgIpc) is 3.54. The number of alkyl halides is 3. The molecular formula is C23H24F4N2O3. The smallest absolute Gasteiger partial charge is 0.395 e. The Morgan fingerprint density at radius 1 is 1.16 bits per heavy atom. The molecule has 2 aromatic carbocycles.